The third kappa shape index (κ3) is 4.95. The molecule has 0 atom stereocenters. The highest BCUT2D eigenvalue weighted by molar-refractivity contribution is 14.1. The van der Waals surface area contributed by atoms with Gasteiger partial charge in [0.25, 0.3) is 0 Å². The summed E-state index contributed by atoms with van der Waals surface area (Å²) in [7, 11) is 0. The number of pyridine rings is 1. The van der Waals surface area contributed by atoms with E-state index in [1.54, 1.807) is 0 Å². The van der Waals surface area contributed by atoms with E-state index in [9.17, 15) is 0 Å². The van der Waals surface area contributed by atoms with Gasteiger partial charge in [0.1, 0.15) is 6.54 Å². The standard InChI is InChI=1S/C8H11IN.HI/c9-5-4-8-10-6-2-1-3-7-10;/h1-3,6-7H,4-5,8H2;1H/q+1;/p-1. The second-order valence-corrected chi connectivity index (χ2v) is 3.23. The van der Waals surface area contributed by atoms with E-state index >= 15 is 0 Å². The van der Waals surface area contributed by atoms with Crippen LogP contribution in [0.25, 0.3) is 0 Å². The van der Waals surface area contributed by atoms with E-state index < -0.39 is 0 Å². The fraction of sp³-hybridized carbons (Fsp3) is 0.375. The first-order valence-electron chi connectivity index (χ1n) is 3.43. The summed E-state index contributed by atoms with van der Waals surface area (Å²) in [6.45, 7) is 1.14. The second kappa shape index (κ2) is 7.27. The normalized spacial score (nSPS) is 8.82. The molecule has 0 aliphatic rings. The molecule has 11 heavy (non-hydrogen) atoms. The molecule has 1 rings (SSSR count). The van der Waals surface area contributed by atoms with Gasteiger partial charge >= 0.3 is 0 Å². The lowest BCUT2D eigenvalue weighted by molar-refractivity contribution is -0.696. The van der Waals surface area contributed by atoms with Crippen LogP contribution in [0.1, 0.15) is 6.42 Å². The summed E-state index contributed by atoms with van der Waals surface area (Å²) >= 11 is 2.40. The molecule has 62 valence electrons. The van der Waals surface area contributed by atoms with E-state index in [1.807, 2.05) is 6.07 Å². The Labute approximate surface area is 98.4 Å². The van der Waals surface area contributed by atoms with Gasteiger partial charge in [0, 0.05) is 23.0 Å². The topological polar surface area (TPSA) is 3.88 Å². The van der Waals surface area contributed by atoms with Crippen molar-refractivity contribution in [3.63, 3.8) is 0 Å². The molecular weight excluding hydrogens is 364 g/mol. The number of hydrogen-bond acceptors (Lipinski definition) is 0. The lowest BCUT2D eigenvalue weighted by Crippen LogP contribution is -3.00. The maximum absolute atomic E-state index is 2.40. The Bertz CT molecular complexity index is 177. The van der Waals surface area contributed by atoms with E-state index in [1.165, 1.54) is 10.8 Å². The Morgan fingerprint density at radius 2 is 1.73 bits per heavy atom. The lowest BCUT2D eigenvalue weighted by atomic mass is 10.4. The van der Waals surface area contributed by atoms with Gasteiger partial charge in [-0.1, -0.05) is 28.7 Å². The molecule has 0 radical (unpaired) electrons. The van der Waals surface area contributed by atoms with Crippen LogP contribution in [0.15, 0.2) is 30.6 Å². The van der Waals surface area contributed by atoms with Gasteiger partial charge in [0.15, 0.2) is 12.4 Å². The first kappa shape index (κ1) is 11.6. The fourth-order valence-corrected chi connectivity index (χ4v) is 1.17. The van der Waals surface area contributed by atoms with Gasteiger partial charge in [-0.15, -0.1) is 0 Å². The predicted molar refractivity (Wildman–Crippen MR) is 50.1 cm³/mol. The molecule has 0 bridgehead atoms. The van der Waals surface area contributed by atoms with Gasteiger partial charge in [-0.25, -0.2) is 4.57 Å². The number of nitrogens with zero attached hydrogens (tertiary/aromatic N) is 1. The van der Waals surface area contributed by atoms with Crippen LogP contribution in [0.2, 0.25) is 0 Å². The summed E-state index contributed by atoms with van der Waals surface area (Å²) in [5.74, 6) is 0. The molecular formula is C8H11I2N. The molecule has 0 N–H and O–H groups in total. The number of aryl methyl sites for hydroxylation is 1. The Kier molecular flexibility index (Phi) is 7.67. The van der Waals surface area contributed by atoms with Crippen molar-refractivity contribution >= 4 is 22.6 Å². The van der Waals surface area contributed by atoms with E-state index in [2.05, 4.69) is 51.7 Å². The molecule has 0 amide bonds. The quantitative estimate of drug-likeness (QED) is 0.355. The van der Waals surface area contributed by atoms with Gasteiger partial charge in [-0.3, -0.25) is 0 Å². The SMILES string of the molecule is ICCC[n+]1ccccc1.[I-]. The van der Waals surface area contributed by atoms with Crippen LogP contribution in [0, 0.1) is 0 Å². The summed E-state index contributed by atoms with van der Waals surface area (Å²) < 4.78 is 3.44. The Morgan fingerprint density at radius 3 is 2.27 bits per heavy atom. The van der Waals surface area contributed by atoms with Crippen LogP contribution in [0.3, 0.4) is 0 Å². The molecule has 1 heterocycles. The minimum absolute atomic E-state index is 0. The molecule has 0 spiro atoms. The van der Waals surface area contributed by atoms with Gasteiger partial charge in [0.05, 0.1) is 0 Å². The van der Waals surface area contributed by atoms with Gasteiger partial charge in [-0.2, -0.15) is 0 Å². The number of halogens is 2. The van der Waals surface area contributed by atoms with Crippen molar-refractivity contribution in [3.05, 3.63) is 30.6 Å². The van der Waals surface area contributed by atoms with Gasteiger partial charge in [-0.05, 0) is 0 Å². The number of rotatable bonds is 3. The zero-order valence-corrected chi connectivity index (χ0v) is 10.5. The average molecular weight is 375 g/mol. The highest BCUT2D eigenvalue weighted by Crippen LogP contribution is 1.87. The number of aromatic nitrogens is 1. The third-order valence-electron chi connectivity index (χ3n) is 1.33. The maximum Gasteiger partial charge on any atom is 0.168 e. The Balaban J connectivity index is 0.000001000. The summed E-state index contributed by atoms with van der Waals surface area (Å²) in [5, 5.41) is 0. The van der Waals surface area contributed by atoms with Crippen LogP contribution in [-0.2, 0) is 6.54 Å². The van der Waals surface area contributed by atoms with E-state index in [-0.39, 0.29) is 24.0 Å². The lowest BCUT2D eigenvalue weighted by Gasteiger charge is -1.91. The molecule has 1 nitrogen and oxygen atoms in total. The van der Waals surface area contributed by atoms with Gasteiger partial charge < -0.3 is 24.0 Å². The molecule has 1 aromatic rings. The van der Waals surface area contributed by atoms with E-state index in [0.29, 0.717) is 0 Å². The van der Waals surface area contributed by atoms with Crippen LogP contribution < -0.4 is 28.5 Å². The fourth-order valence-electron chi connectivity index (χ4n) is 0.826. The van der Waals surface area contributed by atoms with Crippen LogP contribution in [0.4, 0.5) is 0 Å². The van der Waals surface area contributed by atoms with Crippen molar-refractivity contribution < 1.29 is 28.5 Å². The highest BCUT2D eigenvalue weighted by Gasteiger charge is 1.93. The number of hydrogen-bond donors (Lipinski definition) is 0. The van der Waals surface area contributed by atoms with Crippen molar-refractivity contribution in [1.82, 2.24) is 0 Å². The second-order valence-electron chi connectivity index (χ2n) is 2.16. The van der Waals surface area contributed by atoms with Crippen molar-refractivity contribution in [2.75, 3.05) is 4.43 Å². The van der Waals surface area contributed by atoms with Gasteiger partial charge in [0.2, 0.25) is 0 Å². The molecule has 0 aliphatic heterocycles. The monoisotopic (exact) mass is 375 g/mol. The highest BCUT2D eigenvalue weighted by atomic mass is 127. The Morgan fingerprint density at radius 1 is 1.09 bits per heavy atom. The van der Waals surface area contributed by atoms with Crippen LogP contribution in [0.5, 0.6) is 0 Å². The smallest absolute Gasteiger partial charge is 0.168 e. The van der Waals surface area contributed by atoms with Crippen molar-refractivity contribution in [2.24, 2.45) is 0 Å². The van der Waals surface area contributed by atoms with Crippen molar-refractivity contribution in [2.45, 2.75) is 13.0 Å². The molecule has 3 heteroatoms. The number of alkyl halides is 1. The Hall–Kier alpha value is 0.610. The molecule has 0 fully saturated rings. The molecule has 0 saturated carbocycles. The predicted octanol–water partition coefficient (Wildman–Crippen LogP) is -1.20. The molecule has 0 aliphatic carbocycles. The summed E-state index contributed by atoms with van der Waals surface area (Å²) in [6, 6.07) is 6.17. The largest absolute Gasteiger partial charge is 1.00 e. The first-order chi connectivity index (χ1) is 4.93. The zero-order chi connectivity index (χ0) is 7.23. The molecule has 0 saturated heterocycles. The third-order valence-corrected chi connectivity index (χ3v) is 2.09. The minimum atomic E-state index is 0. The van der Waals surface area contributed by atoms with E-state index in [0.717, 1.165) is 6.54 Å². The van der Waals surface area contributed by atoms with Crippen LogP contribution >= 0.6 is 22.6 Å². The summed E-state index contributed by atoms with van der Waals surface area (Å²) in [4.78, 5) is 0. The molecule has 0 aromatic carbocycles. The molecule has 1 aromatic heterocycles. The van der Waals surface area contributed by atoms with Crippen LogP contribution in [-0.4, -0.2) is 4.43 Å². The zero-order valence-electron chi connectivity index (χ0n) is 6.21. The maximum atomic E-state index is 2.40. The minimum Gasteiger partial charge on any atom is -1.00 e. The summed E-state index contributed by atoms with van der Waals surface area (Å²) in [6.07, 6.45) is 5.47. The van der Waals surface area contributed by atoms with E-state index in [4.69, 9.17) is 0 Å². The molecule has 0 unspecified atom stereocenters. The first-order valence-corrected chi connectivity index (χ1v) is 4.96. The summed E-state index contributed by atoms with van der Waals surface area (Å²) in [5.41, 5.74) is 0. The van der Waals surface area contributed by atoms with Crippen molar-refractivity contribution in [1.29, 1.82) is 0 Å². The van der Waals surface area contributed by atoms with Crippen molar-refractivity contribution in [3.8, 4) is 0 Å². The average Bonchev–Trinajstić information content (AvgIpc) is 2.03.